The Hall–Kier alpha value is -1.91. The van der Waals surface area contributed by atoms with Crippen LogP contribution in [0.15, 0.2) is 48.5 Å². The average Bonchev–Trinajstić information content (AvgIpc) is 2.45. The largest absolute Gasteiger partial charge is 0.318 e. The van der Waals surface area contributed by atoms with Crippen LogP contribution in [0.25, 0.3) is 0 Å². The lowest BCUT2D eigenvalue weighted by atomic mass is 9.88. The molecule has 2 aromatic rings. The van der Waals surface area contributed by atoms with Gasteiger partial charge in [0.25, 0.3) is 0 Å². The van der Waals surface area contributed by atoms with E-state index in [0.717, 1.165) is 5.56 Å². The quantitative estimate of drug-likeness (QED) is 0.865. The summed E-state index contributed by atoms with van der Waals surface area (Å²) in [7, 11) is 0. The monoisotopic (exact) mass is 290 g/mol. The van der Waals surface area contributed by atoms with Crippen LogP contribution < -0.4 is 10.6 Å². The molecule has 0 bridgehead atoms. The Morgan fingerprint density at radius 2 is 1.90 bits per heavy atom. The van der Waals surface area contributed by atoms with Crippen molar-refractivity contribution in [1.29, 1.82) is 0 Å². The molecule has 1 aliphatic rings. The van der Waals surface area contributed by atoms with Crippen LogP contribution in [0.5, 0.6) is 0 Å². The van der Waals surface area contributed by atoms with E-state index in [2.05, 4.69) is 0 Å². The number of halogens is 2. The van der Waals surface area contributed by atoms with Gasteiger partial charge in [-0.1, -0.05) is 35.9 Å². The van der Waals surface area contributed by atoms with Crippen molar-refractivity contribution in [2.45, 2.75) is 12.1 Å². The normalized spacial score (nSPS) is 21.8. The molecular weight excluding hydrogens is 279 g/mol. The fraction of sp³-hybridized carbons (Fsp3) is 0.133. The average molecular weight is 291 g/mol. The van der Waals surface area contributed by atoms with Gasteiger partial charge in [0.15, 0.2) is 0 Å². The molecule has 3 rings (SSSR count). The second-order valence-electron chi connectivity index (χ2n) is 4.68. The van der Waals surface area contributed by atoms with Gasteiger partial charge in [-0.25, -0.2) is 4.39 Å². The van der Waals surface area contributed by atoms with Gasteiger partial charge in [0, 0.05) is 10.7 Å². The summed E-state index contributed by atoms with van der Waals surface area (Å²) in [6.07, 6.45) is 0. The van der Waals surface area contributed by atoms with E-state index in [1.165, 1.54) is 17.0 Å². The number of nitrogens with two attached hydrogens (primary N) is 1. The van der Waals surface area contributed by atoms with E-state index in [9.17, 15) is 9.18 Å². The minimum atomic E-state index is -0.654. The molecule has 2 atom stereocenters. The van der Waals surface area contributed by atoms with Crippen LogP contribution in [0.2, 0.25) is 5.02 Å². The maximum atomic E-state index is 13.3. The van der Waals surface area contributed by atoms with Gasteiger partial charge in [0.2, 0.25) is 5.91 Å². The van der Waals surface area contributed by atoms with E-state index in [4.69, 9.17) is 17.3 Å². The summed E-state index contributed by atoms with van der Waals surface area (Å²) < 4.78 is 13.3. The standard InChI is InChI=1S/C15H12ClFN2O/c16-12-7-2-1-6-11(12)14-13(18)15(20)19(14)10-5-3-4-9(17)8-10/h1-8,13-14H,18H2/t13-,14+/m0/s1. The summed E-state index contributed by atoms with van der Waals surface area (Å²) in [5.41, 5.74) is 7.15. The minimum absolute atomic E-state index is 0.236. The minimum Gasteiger partial charge on any atom is -0.318 e. The van der Waals surface area contributed by atoms with Gasteiger partial charge in [-0.15, -0.1) is 0 Å². The van der Waals surface area contributed by atoms with Crippen LogP contribution in [0, 0.1) is 5.82 Å². The van der Waals surface area contributed by atoms with Gasteiger partial charge in [-0.3, -0.25) is 4.79 Å². The third-order valence-electron chi connectivity index (χ3n) is 3.45. The molecule has 0 saturated carbocycles. The molecule has 20 heavy (non-hydrogen) atoms. The first-order chi connectivity index (χ1) is 9.59. The van der Waals surface area contributed by atoms with E-state index in [1.54, 1.807) is 18.2 Å². The Morgan fingerprint density at radius 1 is 1.15 bits per heavy atom. The number of hydrogen-bond acceptors (Lipinski definition) is 2. The van der Waals surface area contributed by atoms with Gasteiger partial charge in [-0.05, 0) is 29.8 Å². The third kappa shape index (κ3) is 1.97. The third-order valence-corrected chi connectivity index (χ3v) is 3.80. The molecule has 2 aromatic carbocycles. The molecule has 102 valence electrons. The Labute approximate surface area is 120 Å². The molecule has 2 N–H and O–H groups in total. The van der Waals surface area contributed by atoms with Gasteiger partial charge in [0.05, 0.1) is 6.04 Å². The summed E-state index contributed by atoms with van der Waals surface area (Å²) >= 11 is 6.16. The lowest BCUT2D eigenvalue weighted by Crippen LogP contribution is -2.63. The number of carbonyl (C=O) groups excluding carboxylic acids is 1. The first-order valence-corrected chi connectivity index (χ1v) is 6.56. The highest BCUT2D eigenvalue weighted by molar-refractivity contribution is 6.31. The molecule has 5 heteroatoms. The number of hydrogen-bond donors (Lipinski definition) is 1. The lowest BCUT2D eigenvalue weighted by Gasteiger charge is -2.45. The van der Waals surface area contributed by atoms with Gasteiger partial charge >= 0.3 is 0 Å². The zero-order valence-electron chi connectivity index (χ0n) is 10.5. The van der Waals surface area contributed by atoms with Gasteiger partial charge in [-0.2, -0.15) is 0 Å². The second-order valence-corrected chi connectivity index (χ2v) is 5.09. The first kappa shape index (κ1) is 13.1. The number of rotatable bonds is 2. The van der Waals surface area contributed by atoms with Crippen LogP contribution in [-0.2, 0) is 4.79 Å². The summed E-state index contributed by atoms with van der Waals surface area (Å²) in [5.74, 6) is -0.630. The fourth-order valence-corrected chi connectivity index (χ4v) is 2.72. The van der Waals surface area contributed by atoms with E-state index < -0.39 is 11.9 Å². The van der Waals surface area contributed by atoms with E-state index in [-0.39, 0.29) is 11.9 Å². The molecule has 0 aromatic heterocycles. The highest BCUT2D eigenvalue weighted by Gasteiger charge is 2.47. The fourth-order valence-electron chi connectivity index (χ4n) is 2.47. The molecule has 3 nitrogen and oxygen atoms in total. The summed E-state index contributed by atoms with van der Waals surface area (Å²) in [4.78, 5) is 13.5. The maximum absolute atomic E-state index is 13.3. The van der Waals surface area contributed by atoms with Crippen molar-refractivity contribution in [2.24, 2.45) is 5.73 Å². The molecule has 0 unspecified atom stereocenters. The number of β-lactam (4-membered cyclic amide) rings is 1. The van der Waals surface area contributed by atoms with Crippen LogP contribution in [0.1, 0.15) is 11.6 Å². The number of benzene rings is 2. The Balaban J connectivity index is 2.02. The molecule has 0 spiro atoms. The molecular formula is C15H12ClFN2O. The highest BCUT2D eigenvalue weighted by Crippen LogP contribution is 2.40. The molecule has 1 amide bonds. The topological polar surface area (TPSA) is 46.3 Å². The van der Waals surface area contributed by atoms with Crippen molar-refractivity contribution in [3.63, 3.8) is 0 Å². The van der Waals surface area contributed by atoms with Gasteiger partial charge < -0.3 is 10.6 Å². The van der Waals surface area contributed by atoms with E-state index in [0.29, 0.717) is 10.7 Å². The molecule has 1 saturated heterocycles. The van der Waals surface area contributed by atoms with Crippen molar-refractivity contribution in [2.75, 3.05) is 4.90 Å². The second kappa shape index (κ2) is 4.89. The predicted octanol–water partition coefficient (Wildman–Crippen LogP) is 2.89. The smallest absolute Gasteiger partial charge is 0.247 e. The van der Waals surface area contributed by atoms with Crippen molar-refractivity contribution >= 4 is 23.2 Å². The van der Waals surface area contributed by atoms with Crippen molar-refractivity contribution < 1.29 is 9.18 Å². The Morgan fingerprint density at radius 3 is 2.60 bits per heavy atom. The van der Waals surface area contributed by atoms with Crippen molar-refractivity contribution in [3.8, 4) is 0 Å². The highest BCUT2D eigenvalue weighted by atomic mass is 35.5. The van der Waals surface area contributed by atoms with E-state index >= 15 is 0 Å². The molecule has 1 fully saturated rings. The Kier molecular flexibility index (Phi) is 3.20. The SMILES string of the molecule is N[C@@H]1C(=O)N(c2cccc(F)c2)[C@@H]1c1ccccc1Cl. The summed E-state index contributed by atoms with van der Waals surface area (Å²) in [5, 5.41) is 0.543. The number of carbonyl (C=O) groups is 1. The summed E-state index contributed by atoms with van der Waals surface area (Å²) in [6.45, 7) is 0. The molecule has 0 aliphatic carbocycles. The number of nitrogens with zero attached hydrogens (tertiary/aromatic N) is 1. The zero-order chi connectivity index (χ0) is 14.3. The van der Waals surface area contributed by atoms with Crippen LogP contribution in [-0.4, -0.2) is 11.9 Å². The van der Waals surface area contributed by atoms with Crippen LogP contribution >= 0.6 is 11.6 Å². The molecule has 1 aliphatic heterocycles. The Bertz CT molecular complexity index is 676. The summed E-state index contributed by atoms with van der Waals surface area (Å²) in [6, 6.07) is 12.1. The van der Waals surface area contributed by atoms with Crippen LogP contribution in [0.4, 0.5) is 10.1 Å². The first-order valence-electron chi connectivity index (χ1n) is 6.18. The molecule has 0 radical (unpaired) electrons. The van der Waals surface area contributed by atoms with Gasteiger partial charge in [0.1, 0.15) is 11.9 Å². The van der Waals surface area contributed by atoms with Crippen LogP contribution in [0.3, 0.4) is 0 Å². The van der Waals surface area contributed by atoms with Crippen molar-refractivity contribution in [3.05, 3.63) is 64.9 Å². The zero-order valence-corrected chi connectivity index (χ0v) is 11.2. The number of amides is 1. The predicted molar refractivity (Wildman–Crippen MR) is 76.1 cm³/mol. The van der Waals surface area contributed by atoms with E-state index in [1.807, 2.05) is 18.2 Å². The molecule has 1 heterocycles. The lowest BCUT2D eigenvalue weighted by molar-refractivity contribution is -0.126. The number of anilines is 1. The van der Waals surface area contributed by atoms with Crippen molar-refractivity contribution in [1.82, 2.24) is 0 Å². The maximum Gasteiger partial charge on any atom is 0.247 e.